The van der Waals surface area contributed by atoms with Crippen LogP contribution in [0.1, 0.15) is 24.2 Å². The predicted molar refractivity (Wildman–Crippen MR) is 62.2 cm³/mol. The van der Waals surface area contributed by atoms with Crippen molar-refractivity contribution in [2.75, 3.05) is 0 Å². The summed E-state index contributed by atoms with van der Waals surface area (Å²) in [5.74, 6) is 0. The minimum absolute atomic E-state index is 0.398. The number of nitrogens with zero attached hydrogens (tertiary/aromatic N) is 4. The molecule has 0 bridgehead atoms. The fraction of sp³-hybridized carbons (Fsp3) is 0.455. The van der Waals surface area contributed by atoms with E-state index in [1.165, 1.54) is 10.9 Å². The molecule has 2 N–H and O–H groups in total. The summed E-state index contributed by atoms with van der Waals surface area (Å²) >= 11 is 0. The molecule has 0 aromatic carbocycles. The molecule has 104 valence electrons. The van der Waals surface area contributed by atoms with Gasteiger partial charge >= 0.3 is 6.18 Å². The summed E-state index contributed by atoms with van der Waals surface area (Å²) in [5, 5.41) is 7.56. The van der Waals surface area contributed by atoms with Crippen LogP contribution in [0.5, 0.6) is 0 Å². The monoisotopic (exact) mass is 273 g/mol. The van der Waals surface area contributed by atoms with Crippen LogP contribution < -0.4 is 5.73 Å². The lowest BCUT2D eigenvalue weighted by Gasteiger charge is -2.20. The molecule has 0 saturated heterocycles. The minimum atomic E-state index is -4.46. The van der Waals surface area contributed by atoms with Crippen LogP contribution in [-0.2, 0) is 13.2 Å². The number of hydrogen-bond donors (Lipinski definition) is 1. The lowest BCUT2D eigenvalue weighted by Crippen LogP contribution is -2.30. The number of aryl methyl sites for hydroxylation is 1. The first-order valence-corrected chi connectivity index (χ1v) is 5.65. The van der Waals surface area contributed by atoms with Crippen molar-refractivity contribution in [3.8, 4) is 0 Å². The Labute approximate surface area is 107 Å². The third kappa shape index (κ3) is 2.78. The average molecular weight is 273 g/mol. The van der Waals surface area contributed by atoms with E-state index in [0.29, 0.717) is 5.56 Å². The Kier molecular flexibility index (Phi) is 3.36. The molecular weight excluding hydrogens is 259 g/mol. The van der Waals surface area contributed by atoms with Gasteiger partial charge in [-0.25, -0.2) is 0 Å². The van der Waals surface area contributed by atoms with Gasteiger partial charge in [0.2, 0.25) is 0 Å². The van der Waals surface area contributed by atoms with Crippen molar-refractivity contribution < 1.29 is 13.2 Å². The maximum absolute atomic E-state index is 12.5. The highest BCUT2D eigenvalue weighted by Crippen LogP contribution is 2.29. The first-order chi connectivity index (χ1) is 8.79. The Bertz CT molecular complexity index is 555. The van der Waals surface area contributed by atoms with Gasteiger partial charge in [-0.1, -0.05) is 0 Å². The maximum atomic E-state index is 12.5. The van der Waals surface area contributed by atoms with Crippen LogP contribution in [0.4, 0.5) is 13.2 Å². The fourth-order valence-electron chi connectivity index (χ4n) is 1.93. The van der Waals surface area contributed by atoms with E-state index >= 15 is 0 Å². The van der Waals surface area contributed by atoms with Crippen LogP contribution in [0, 0.1) is 0 Å². The highest BCUT2D eigenvalue weighted by molar-refractivity contribution is 5.15. The first kappa shape index (κ1) is 13.6. The zero-order chi connectivity index (χ0) is 14.2. The number of nitrogens with two attached hydrogens (primary N) is 1. The second-order valence-electron chi connectivity index (χ2n) is 4.43. The van der Waals surface area contributed by atoms with Crippen LogP contribution >= 0.6 is 0 Å². The molecule has 0 fully saturated rings. The first-order valence-electron chi connectivity index (χ1n) is 5.65. The van der Waals surface area contributed by atoms with Gasteiger partial charge in [0.25, 0.3) is 0 Å². The molecule has 2 aromatic rings. The highest BCUT2D eigenvalue weighted by Gasteiger charge is 2.34. The zero-order valence-corrected chi connectivity index (χ0v) is 10.5. The van der Waals surface area contributed by atoms with Crippen molar-refractivity contribution in [2.24, 2.45) is 12.8 Å². The standard InChI is InChI=1S/C11H14F3N5/c1-7(15)10(8-5-16-18(2)6-8)19-4-3-9(17-19)11(12,13)14/h3-7,10H,15H2,1-2H3. The minimum Gasteiger partial charge on any atom is -0.326 e. The predicted octanol–water partition coefficient (Wildman–Crippen LogP) is 1.57. The molecule has 2 aromatic heterocycles. The summed E-state index contributed by atoms with van der Waals surface area (Å²) in [6.07, 6.45) is 0.109. The van der Waals surface area contributed by atoms with E-state index in [0.717, 1.165) is 6.07 Å². The van der Waals surface area contributed by atoms with Crippen molar-refractivity contribution in [3.63, 3.8) is 0 Å². The van der Waals surface area contributed by atoms with E-state index in [9.17, 15) is 13.2 Å². The van der Waals surface area contributed by atoms with Crippen LogP contribution in [0.3, 0.4) is 0 Å². The third-order valence-electron chi connectivity index (χ3n) is 2.75. The summed E-state index contributed by atoms with van der Waals surface area (Å²) < 4.78 is 40.4. The van der Waals surface area contributed by atoms with Gasteiger partial charge in [-0.2, -0.15) is 23.4 Å². The van der Waals surface area contributed by atoms with Crippen LogP contribution in [-0.4, -0.2) is 25.6 Å². The van der Waals surface area contributed by atoms with E-state index in [1.807, 2.05) is 0 Å². The smallest absolute Gasteiger partial charge is 0.326 e. The molecule has 5 nitrogen and oxygen atoms in total. The number of alkyl halides is 3. The lowest BCUT2D eigenvalue weighted by atomic mass is 10.1. The lowest BCUT2D eigenvalue weighted by molar-refractivity contribution is -0.141. The van der Waals surface area contributed by atoms with E-state index in [4.69, 9.17) is 5.73 Å². The molecule has 2 atom stereocenters. The Morgan fingerprint density at radius 1 is 1.37 bits per heavy atom. The van der Waals surface area contributed by atoms with Gasteiger partial charge < -0.3 is 5.73 Å². The summed E-state index contributed by atoms with van der Waals surface area (Å²) in [7, 11) is 1.73. The maximum Gasteiger partial charge on any atom is 0.435 e. The second kappa shape index (κ2) is 4.69. The summed E-state index contributed by atoms with van der Waals surface area (Å²) in [6, 6.07) is 0.0566. The quantitative estimate of drug-likeness (QED) is 0.923. The second-order valence-corrected chi connectivity index (χ2v) is 4.43. The zero-order valence-electron chi connectivity index (χ0n) is 10.5. The van der Waals surface area contributed by atoms with Gasteiger partial charge in [-0.15, -0.1) is 0 Å². The van der Waals surface area contributed by atoms with Crippen molar-refractivity contribution in [3.05, 3.63) is 35.9 Å². The van der Waals surface area contributed by atoms with Gasteiger partial charge in [-0.3, -0.25) is 9.36 Å². The molecule has 2 unspecified atom stereocenters. The van der Waals surface area contributed by atoms with Gasteiger partial charge in [-0.05, 0) is 13.0 Å². The molecule has 0 saturated carbocycles. The van der Waals surface area contributed by atoms with E-state index < -0.39 is 24.0 Å². The summed E-state index contributed by atoms with van der Waals surface area (Å²) in [4.78, 5) is 0. The third-order valence-corrected chi connectivity index (χ3v) is 2.75. The van der Waals surface area contributed by atoms with Crippen molar-refractivity contribution in [1.29, 1.82) is 0 Å². The summed E-state index contributed by atoms with van der Waals surface area (Å²) in [6.45, 7) is 1.71. The van der Waals surface area contributed by atoms with Gasteiger partial charge in [0, 0.05) is 31.0 Å². The fourth-order valence-corrected chi connectivity index (χ4v) is 1.93. The molecule has 2 rings (SSSR count). The SMILES string of the molecule is CC(N)C(c1cnn(C)c1)n1ccc(C(F)(F)F)n1. The van der Waals surface area contributed by atoms with E-state index in [-0.39, 0.29) is 0 Å². The normalized spacial score (nSPS) is 15.5. The molecule has 8 heteroatoms. The van der Waals surface area contributed by atoms with E-state index in [2.05, 4.69) is 10.2 Å². The van der Waals surface area contributed by atoms with E-state index in [1.54, 1.807) is 31.0 Å². The molecule has 0 amide bonds. The number of halogens is 3. The largest absolute Gasteiger partial charge is 0.435 e. The molecule has 0 aliphatic heterocycles. The van der Waals surface area contributed by atoms with Crippen LogP contribution in [0.15, 0.2) is 24.7 Å². The summed E-state index contributed by atoms with van der Waals surface area (Å²) in [5.41, 5.74) is 5.64. The molecular formula is C11H14F3N5. The number of rotatable bonds is 3. The number of hydrogen-bond acceptors (Lipinski definition) is 3. The van der Waals surface area contributed by atoms with Crippen LogP contribution in [0.2, 0.25) is 0 Å². The molecule has 19 heavy (non-hydrogen) atoms. The molecule has 0 aliphatic rings. The Morgan fingerprint density at radius 3 is 2.47 bits per heavy atom. The Morgan fingerprint density at radius 2 is 2.05 bits per heavy atom. The number of aromatic nitrogens is 4. The van der Waals surface area contributed by atoms with Crippen molar-refractivity contribution >= 4 is 0 Å². The van der Waals surface area contributed by atoms with Crippen LogP contribution in [0.25, 0.3) is 0 Å². The molecule has 0 radical (unpaired) electrons. The highest BCUT2D eigenvalue weighted by atomic mass is 19.4. The van der Waals surface area contributed by atoms with Gasteiger partial charge in [0.1, 0.15) is 0 Å². The molecule has 0 aliphatic carbocycles. The van der Waals surface area contributed by atoms with Gasteiger partial charge in [0.15, 0.2) is 5.69 Å². The Balaban J connectivity index is 2.38. The van der Waals surface area contributed by atoms with Gasteiger partial charge in [0.05, 0.1) is 12.2 Å². The van der Waals surface area contributed by atoms with Crippen molar-refractivity contribution in [2.45, 2.75) is 25.2 Å². The topological polar surface area (TPSA) is 61.7 Å². The molecule has 0 spiro atoms. The molecule has 2 heterocycles. The van der Waals surface area contributed by atoms with Crippen molar-refractivity contribution in [1.82, 2.24) is 19.6 Å². The Hall–Kier alpha value is -1.83. The average Bonchev–Trinajstić information content (AvgIpc) is 2.87.